The van der Waals surface area contributed by atoms with E-state index in [1.54, 1.807) is 19.0 Å². The van der Waals surface area contributed by atoms with E-state index < -0.39 is 4.92 Å². The third-order valence-corrected chi connectivity index (χ3v) is 2.45. The van der Waals surface area contributed by atoms with Gasteiger partial charge in [0.25, 0.3) is 11.6 Å². The highest BCUT2D eigenvalue weighted by Crippen LogP contribution is 2.27. The molecule has 0 aliphatic rings. The molecule has 1 aromatic rings. The summed E-state index contributed by atoms with van der Waals surface area (Å²) in [5.41, 5.74) is 0.842. The lowest BCUT2D eigenvalue weighted by Gasteiger charge is -2.14. The number of nitro benzene ring substituents is 1. The Kier molecular flexibility index (Phi) is 4.65. The normalized spacial score (nSPS) is 9.94. The zero-order valence-corrected chi connectivity index (χ0v) is 10.8. The van der Waals surface area contributed by atoms with E-state index in [0.717, 1.165) is 6.42 Å². The molecule has 0 aliphatic heterocycles. The van der Waals surface area contributed by atoms with Crippen molar-refractivity contribution in [3.63, 3.8) is 0 Å². The van der Waals surface area contributed by atoms with Gasteiger partial charge in [-0.25, -0.2) is 0 Å². The summed E-state index contributed by atoms with van der Waals surface area (Å²) in [6.45, 7) is 2.55. The van der Waals surface area contributed by atoms with E-state index in [4.69, 9.17) is 0 Å². The SMILES string of the molecule is CCCNC(=O)c1ccc([N+](=O)[O-])c(N(C)C)c1. The van der Waals surface area contributed by atoms with E-state index in [1.165, 1.54) is 18.2 Å². The zero-order chi connectivity index (χ0) is 13.7. The summed E-state index contributed by atoms with van der Waals surface area (Å²) in [4.78, 5) is 23.8. The van der Waals surface area contributed by atoms with Crippen molar-refractivity contribution in [1.82, 2.24) is 5.32 Å². The maximum Gasteiger partial charge on any atom is 0.292 e. The van der Waals surface area contributed by atoms with Crippen LogP contribution in [0.2, 0.25) is 0 Å². The van der Waals surface area contributed by atoms with Gasteiger partial charge >= 0.3 is 0 Å². The molecule has 1 amide bonds. The zero-order valence-electron chi connectivity index (χ0n) is 10.8. The topological polar surface area (TPSA) is 75.5 Å². The number of nitrogens with zero attached hydrogens (tertiary/aromatic N) is 2. The molecule has 0 spiro atoms. The lowest BCUT2D eigenvalue weighted by Crippen LogP contribution is -2.24. The van der Waals surface area contributed by atoms with E-state index in [9.17, 15) is 14.9 Å². The first-order chi connectivity index (χ1) is 8.47. The molecule has 98 valence electrons. The van der Waals surface area contributed by atoms with Gasteiger partial charge in [0, 0.05) is 32.3 Å². The maximum absolute atomic E-state index is 11.8. The van der Waals surface area contributed by atoms with Crippen molar-refractivity contribution in [2.75, 3.05) is 25.5 Å². The summed E-state index contributed by atoms with van der Waals surface area (Å²) in [6.07, 6.45) is 0.846. The summed E-state index contributed by atoms with van der Waals surface area (Å²) in [7, 11) is 3.41. The minimum Gasteiger partial charge on any atom is -0.372 e. The van der Waals surface area contributed by atoms with Crippen LogP contribution in [0.15, 0.2) is 18.2 Å². The van der Waals surface area contributed by atoms with Crippen LogP contribution < -0.4 is 10.2 Å². The van der Waals surface area contributed by atoms with Gasteiger partial charge in [-0.1, -0.05) is 6.92 Å². The first-order valence-electron chi connectivity index (χ1n) is 5.71. The first-order valence-corrected chi connectivity index (χ1v) is 5.71. The molecule has 0 saturated carbocycles. The molecule has 0 unspecified atom stereocenters. The van der Waals surface area contributed by atoms with Gasteiger partial charge in [-0.15, -0.1) is 0 Å². The molecular weight excluding hydrogens is 234 g/mol. The molecule has 0 bridgehead atoms. The second-order valence-electron chi connectivity index (χ2n) is 4.11. The number of rotatable bonds is 5. The lowest BCUT2D eigenvalue weighted by molar-refractivity contribution is -0.384. The fourth-order valence-corrected chi connectivity index (χ4v) is 1.52. The predicted molar refractivity (Wildman–Crippen MR) is 70.0 cm³/mol. The van der Waals surface area contributed by atoms with Crippen molar-refractivity contribution in [3.05, 3.63) is 33.9 Å². The average Bonchev–Trinajstić information content (AvgIpc) is 2.34. The predicted octanol–water partition coefficient (Wildman–Crippen LogP) is 1.80. The maximum atomic E-state index is 11.8. The number of anilines is 1. The Morgan fingerprint density at radius 1 is 1.44 bits per heavy atom. The summed E-state index contributed by atoms with van der Waals surface area (Å²) in [5, 5.41) is 13.6. The first kappa shape index (κ1) is 14.0. The number of carbonyl (C=O) groups excluding carboxylic acids is 1. The fraction of sp³-hybridized carbons (Fsp3) is 0.417. The summed E-state index contributed by atoms with van der Waals surface area (Å²) in [5.74, 6) is -0.213. The number of nitro groups is 1. The third-order valence-electron chi connectivity index (χ3n) is 2.45. The van der Waals surface area contributed by atoms with Crippen molar-refractivity contribution in [2.45, 2.75) is 13.3 Å². The Morgan fingerprint density at radius 2 is 2.11 bits per heavy atom. The lowest BCUT2D eigenvalue weighted by atomic mass is 10.1. The average molecular weight is 251 g/mol. The fourth-order valence-electron chi connectivity index (χ4n) is 1.52. The minimum absolute atomic E-state index is 0.00737. The summed E-state index contributed by atoms with van der Waals surface area (Å²) < 4.78 is 0. The Bertz CT molecular complexity index is 458. The second-order valence-corrected chi connectivity index (χ2v) is 4.11. The molecule has 18 heavy (non-hydrogen) atoms. The molecule has 0 saturated heterocycles. The summed E-state index contributed by atoms with van der Waals surface area (Å²) in [6, 6.07) is 4.36. The standard InChI is InChI=1S/C12H17N3O3/c1-4-7-13-12(16)9-5-6-10(15(17)18)11(8-9)14(2)3/h5-6,8H,4,7H2,1-3H3,(H,13,16). The highest BCUT2D eigenvalue weighted by atomic mass is 16.6. The van der Waals surface area contributed by atoms with Crippen LogP contribution in [0.5, 0.6) is 0 Å². The van der Waals surface area contributed by atoms with Gasteiger partial charge in [0.2, 0.25) is 0 Å². The van der Waals surface area contributed by atoms with E-state index in [-0.39, 0.29) is 11.6 Å². The van der Waals surface area contributed by atoms with Crippen LogP contribution >= 0.6 is 0 Å². The van der Waals surface area contributed by atoms with Crippen LogP contribution in [0.25, 0.3) is 0 Å². The molecule has 0 aliphatic carbocycles. The molecule has 6 heteroatoms. The molecule has 1 N–H and O–H groups in total. The quantitative estimate of drug-likeness (QED) is 0.639. The molecule has 1 rings (SSSR count). The van der Waals surface area contributed by atoms with Gasteiger partial charge in [0.15, 0.2) is 0 Å². The van der Waals surface area contributed by atoms with E-state index >= 15 is 0 Å². The van der Waals surface area contributed by atoms with E-state index in [2.05, 4.69) is 5.32 Å². The van der Waals surface area contributed by atoms with Crippen LogP contribution in [-0.4, -0.2) is 31.5 Å². The number of hydrogen-bond acceptors (Lipinski definition) is 4. The van der Waals surface area contributed by atoms with Crippen molar-refractivity contribution < 1.29 is 9.72 Å². The Morgan fingerprint density at radius 3 is 2.61 bits per heavy atom. The number of carbonyl (C=O) groups is 1. The van der Waals surface area contributed by atoms with Gasteiger partial charge in [0.1, 0.15) is 5.69 Å². The van der Waals surface area contributed by atoms with Gasteiger partial charge < -0.3 is 10.2 Å². The van der Waals surface area contributed by atoms with Crippen molar-refractivity contribution in [1.29, 1.82) is 0 Å². The van der Waals surface area contributed by atoms with Crippen molar-refractivity contribution in [2.24, 2.45) is 0 Å². The molecule has 6 nitrogen and oxygen atoms in total. The van der Waals surface area contributed by atoms with Gasteiger partial charge in [0.05, 0.1) is 4.92 Å². The third kappa shape index (κ3) is 3.19. The Hall–Kier alpha value is -2.11. The second kappa shape index (κ2) is 6.00. The van der Waals surface area contributed by atoms with Gasteiger partial charge in [-0.3, -0.25) is 14.9 Å². The van der Waals surface area contributed by atoms with Gasteiger partial charge in [-0.05, 0) is 18.6 Å². The monoisotopic (exact) mass is 251 g/mol. The molecule has 1 aromatic carbocycles. The Balaban J connectivity index is 3.07. The number of benzene rings is 1. The van der Waals surface area contributed by atoms with Crippen LogP contribution in [0, 0.1) is 10.1 Å². The van der Waals surface area contributed by atoms with Gasteiger partial charge in [-0.2, -0.15) is 0 Å². The van der Waals surface area contributed by atoms with Crippen molar-refractivity contribution >= 4 is 17.3 Å². The highest BCUT2D eigenvalue weighted by molar-refractivity contribution is 5.95. The van der Waals surface area contributed by atoms with Crippen LogP contribution in [0.4, 0.5) is 11.4 Å². The number of nitrogens with one attached hydrogen (secondary N) is 1. The molecule has 0 heterocycles. The smallest absolute Gasteiger partial charge is 0.292 e. The number of amides is 1. The van der Waals surface area contributed by atoms with E-state index in [1.807, 2.05) is 6.92 Å². The molecule has 0 aromatic heterocycles. The minimum atomic E-state index is -0.455. The largest absolute Gasteiger partial charge is 0.372 e. The van der Waals surface area contributed by atoms with Crippen LogP contribution in [-0.2, 0) is 0 Å². The molecule has 0 atom stereocenters. The molecule has 0 radical (unpaired) electrons. The number of hydrogen-bond donors (Lipinski definition) is 1. The molecule has 0 fully saturated rings. The molecular formula is C12H17N3O3. The summed E-state index contributed by atoms with van der Waals surface area (Å²) >= 11 is 0. The van der Waals surface area contributed by atoms with E-state index in [0.29, 0.717) is 17.8 Å². The highest BCUT2D eigenvalue weighted by Gasteiger charge is 2.17. The van der Waals surface area contributed by atoms with Crippen LogP contribution in [0.1, 0.15) is 23.7 Å². The van der Waals surface area contributed by atoms with Crippen molar-refractivity contribution in [3.8, 4) is 0 Å². The Labute approximate surface area is 106 Å². The van der Waals surface area contributed by atoms with Crippen LogP contribution in [0.3, 0.4) is 0 Å².